The fourth-order valence-electron chi connectivity index (χ4n) is 5.05. The molecule has 40 heavy (non-hydrogen) atoms. The van der Waals surface area contributed by atoms with E-state index in [1.54, 1.807) is 26.8 Å². The van der Waals surface area contributed by atoms with Crippen LogP contribution < -0.4 is 0 Å². The Morgan fingerprint density at radius 3 is 2.52 bits per heavy atom. The minimum atomic E-state index is -6.11. The molecule has 15 heteroatoms. The summed E-state index contributed by atoms with van der Waals surface area (Å²) >= 11 is 0. The molecule has 1 aromatic rings. The SMILES string of the molecule is C=CCO[C@]12CC=C(OS(=O)(=O)C(F)(F)F)[C@@]1(CN(COC)C(=O)OC(C)(C)C)C[C@@H](OCOC)c1occc12. The second-order valence-corrected chi connectivity index (χ2v) is 11.9. The van der Waals surface area contributed by atoms with Gasteiger partial charge in [-0.15, -0.1) is 6.58 Å². The first-order chi connectivity index (χ1) is 18.6. The number of carbonyl (C=O) groups excluding carboxylic acids is 1. The number of nitrogens with zero attached hydrogens (tertiary/aromatic N) is 1. The summed E-state index contributed by atoms with van der Waals surface area (Å²) < 4.78 is 103. The predicted octanol–water partition coefficient (Wildman–Crippen LogP) is 4.72. The normalized spacial score (nSPS) is 24.6. The molecule has 0 unspecified atom stereocenters. The lowest BCUT2D eigenvalue weighted by molar-refractivity contribution is -0.177. The van der Waals surface area contributed by atoms with Gasteiger partial charge >= 0.3 is 21.7 Å². The fourth-order valence-corrected chi connectivity index (χ4v) is 5.61. The van der Waals surface area contributed by atoms with Crippen LogP contribution in [0.15, 0.2) is 41.2 Å². The van der Waals surface area contributed by atoms with Gasteiger partial charge in [0.15, 0.2) is 0 Å². The smallest absolute Gasteiger partial charge is 0.466 e. The van der Waals surface area contributed by atoms with E-state index >= 15 is 0 Å². The van der Waals surface area contributed by atoms with Gasteiger partial charge in [-0.3, -0.25) is 4.90 Å². The van der Waals surface area contributed by atoms with E-state index in [0.29, 0.717) is 11.3 Å². The summed E-state index contributed by atoms with van der Waals surface area (Å²) in [5.41, 5.74) is -9.60. The summed E-state index contributed by atoms with van der Waals surface area (Å²) in [6.07, 6.45) is 1.83. The van der Waals surface area contributed by atoms with Crippen molar-refractivity contribution in [2.45, 2.75) is 56.4 Å². The van der Waals surface area contributed by atoms with E-state index < -0.39 is 56.7 Å². The van der Waals surface area contributed by atoms with E-state index in [1.165, 1.54) is 32.6 Å². The lowest BCUT2D eigenvalue weighted by Crippen LogP contribution is -2.57. The number of carbonyl (C=O) groups is 1. The molecule has 0 bridgehead atoms. The zero-order valence-corrected chi connectivity index (χ0v) is 23.7. The first-order valence-electron chi connectivity index (χ1n) is 12.2. The van der Waals surface area contributed by atoms with Gasteiger partial charge in [0.05, 0.1) is 18.3 Å². The molecule has 0 radical (unpaired) electrons. The van der Waals surface area contributed by atoms with Gasteiger partial charge < -0.3 is 32.3 Å². The van der Waals surface area contributed by atoms with Gasteiger partial charge in [0.25, 0.3) is 0 Å². The average Bonchev–Trinajstić information content (AvgIpc) is 3.44. The monoisotopic (exact) mass is 597 g/mol. The summed E-state index contributed by atoms with van der Waals surface area (Å²) in [6.45, 7) is 7.47. The van der Waals surface area contributed by atoms with Crippen LogP contribution in [0.2, 0.25) is 0 Å². The van der Waals surface area contributed by atoms with E-state index in [4.69, 9.17) is 32.3 Å². The Morgan fingerprint density at radius 1 is 1.25 bits per heavy atom. The van der Waals surface area contributed by atoms with Gasteiger partial charge in [0, 0.05) is 32.7 Å². The van der Waals surface area contributed by atoms with Crippen molar-refractivity contribution in [1.82, 2.24) is 4.90 Å². The number of fused-ring (bicyclic) bond motifs is 3. The highest BCUT2D eigenvalue weighted by molar-refractivity contribution is 7.87. The number of halogens is 3. The molecule has 11 nitrogen and oxygen atoms in total. The second-order valence-electron chi connectivity index (χ2n) is 10.3. The Balaban J connectivity index is 2.26. The molecule has 1 heterocycles. The molecule has 0 aromatic carbocycles. The van der Waals surface area contributed by atoms with Crippen molar-refractivity contribution in [3.63, 3.8) is 0 Å². The van der Waals surface area contributed by atoms with E-state index in [9.17, 15) is 26.4 Å². The van der Waals surface area contributed by atoms with Crippen molar-refractivity contribution >= 4 is 16.2 Å². The fraction of sp³-hybridized carbons (Fsp3) is 0.640. The van der Waals surface area contributed by atoms with Gasteiger partial charge in [0.2, 0.25) is 0 Å². The lowest BCUT2D eigenvalue weighted by atomic mass is 9.62. The van der Waals surface area contributed by atoms with Crippen molar-refractivity contribution in [1.29, 1.82) is 0 Å². The molecule has 226 valence electrons. The highest BCUT2D eigenvalue weighted by Crippen LogP contribution is 2.65. The van der Waals surface area contributed by atoms with Crippen LogP contribution in [-0.4, -0.2) is 71.4 Å². The summed E-state index contributed by atoms with van der Waals surface area (Å²) in [4.78, 5) is 14.4. The van der Waals surface area contributed by atoms with Crippen LogP contribution in [0.4, 0.5) is 18.0 Å². The van der Waals surface area contributed by atoms with Crippen LogP contribution in [0.25, 0.3) is 0 Å². The maximum Gasteiger partial charge on any atom is 0.534 e. The Bertz CT molecular complexity index is 1210. The quantitative estimate of drug-likeness (QED) is 0.145. The van der Waals surface area contributed by atoms with E-state index in [0.717, 1.165) is 4.90 Å². The van der Waals surface area contributed by atoms with Crippen molar-refractivity contribution in [2.75, 3.05) is 40.9 Å². The predicted molar refractivity (Wildman–Crippen MR) is 133 cm³/mol. The number of furan rings is 1. The molecule has 0 saturated heterocycles. The van der Waals surface area contributed by atoms with Crippen LogP contribution in [0.1, 0.15) is 51.0 Å². The molecule has 3 atom stereocenters. The van der Waals surface area contributed by atoms with Crippen LogP contribution in [0.5, 0.6) is 0 Å². The molecular weight excluding hydrogens is 563 g/mol. The van der Waals surface area contributed by atoms with Crippen LogP contribution in [0, 0.1) is 5.41 Å². The number of methoxy groups -OCH3 is 2. The van der Waals surface area contributed by atoms with Crippen molar-refractivity contribution in [3.8, 4) is 0 Å². The number of ether oxygens (including phenoxy) is 5. The first kappa shape index (κ1) is 31.9. The van der Waals surface area contributed by atoms with Gasteiger partial charge in [-0.1, -0.05) is 6.08 Å². The number of rotatable bonds is 12. The van der Waals surface area contributed by atoms with Crippen LogP contribution in [0.3, 0.4) is 0 Å². The third-order valence-electron chi connectivity index (χ3n) is 6.49. The Kier molecular flexibility index (Phi) is 9.36. The minimum absolute atomic E-state index is 0.0835. The van der Waals surface area contributed by atoms with Crippen molar-refractivity contribution < 1.29 is 58.7 Å². The maximum atomic E-state index is 13.5. The zero-order valence-electron chi connectivity index (χ0n) is 22.9. The zero-order chi connectivity index (χ0) is 30.0. The van der Waals surface area contributed by atoms with E-state index in [1.807, 2.05) is 0 Å². The first-order valence-corrected chi connectivity index (χ1v) is 13.6. The molecule has 3 rings (SSSR count). The van der Waals surface area contributed by atoms with E-state index in [-0.39, 0.29) is 33.0 Å². The number of amides is 1. The van der Waals surface area contributed by atoms with Crippen LogP contribution in [-0.2, 0) is 43.6 Å². The summed E-state index contributed by atoms with van der Waals surface area (Å²) in [6, 6.07) is 1.55. The molecule has 0 aliphatic heterocycles. The third-order valence-corrected chi connectivity index (χ3v) is 7.46. The molecule has 1 amide bonds. The number of hydrogen-bond donors (Lipinski definition) is 0. The molecule has 1 aromatic heterocycles. The molecule has 2 aliphatic carbocycles. The topological polar surface area (TPSA) is 123 Å². The number of hydrogen-bond acceptors (Lipinski definition) is 10. The lowest BCUT2D eigenvalue weighted by Gasteiger charge is -2.52. The van der Waals surface area contributed by atoms with Gasteiger partial charge in [-0.05, 0) is 39.3 Å². The molecule has 2 aliphatic rings. The Labute approximate surface area is 230 Å². The molecule has 0 spiro atoms. The van der Waals surface area contributed by atoms with E-state index in [2.05, 4.69) is 6.58 Å². The standard InChI is InChI=1S/C25H34F3NO10S/c1-7-11-37-24-10-8-19(39-40(31,32)25(26,27)28)23(24,14-29(15-33-5)21(30)38-22(2,3)4)13-18(36-16-34-6)20-17(24)9-12-35-20/h7-9,12,18H,1,10-11,13-16H2,2-6H3/t18-,23+,24+/m1/s1. The average molecular weight is 598 g/mol. The molecule has 0 fully saturated rings. The minimum Gasteiger partial charge on any atom is -0.466 e. The largest absolute Gasteiger partial charge is 0.534 e. The Hall–Kier alpha value is -2.59. The maximum absolute atomic E-state index is 13.5. The van der Waals surface area contributed by atoms with Crippen molar-refractivity contribution in [3.05, 3.63) is 48.1 Å². The van der Waals surface area contributed by atoms with Crippen molar-refractivity contribution in [2.24, 2.45) is 5.41 Å². The summed E-state index contributed by atoms with van der Waals surface area (Å²) in [5, 5.41) is 0. The van der Waals surface area contributed by atoms with Gasteiger partial charge in [-0.25, -0.2) is 4.79 Å². The van der Waals surface area contributed by atoms with Gasteiger partial charge in [0.1, 0.15) is 42.3 Å². The Morgan fingerprint density at radius 2 is 1.95 bits per heavy atom. The van der Waals surface area contributed by atoms with Gasteiger partial charge in [-0.2, -0.15) is 21.6 Å². The molecule has 0 N–H and O–H groups in total. The summed E-state index contributed by atoms with van der Waals surface area (Å²) in [7, 11) is -3.42. The highest BCUT2D eigenvalue weighted by atomic mass is 32.2. The van der Waals surface area contributed by atoms with Crippen LogP contribution >= 0.6 is 0 Å². The third kappa shape index (κ3) is 6.03. The second kappa shape index (κ2) is 11.7. The number of alkyl halides is 3. The molecular formula is C25H34F3NO10S. The molecule has 0 saturated carbocycles. The summed E-state index contributed by atoms with van der Waals surface area (Å²) in [5.74, 6) is -0.267. The highest BCUT2D eigenvalue weighted by Gasteiger charge is 2.67.